The van der Waals surface area contributed by atoms with Crippen LogP contribution in [0, 0.1) is 0 Å². The van der Waals surface area contributed by atoms with Crippen LogP contribution in [-0.4, -0.2) is 24.9 Å². The SMILES string of the molecule is CN(C)C(=O)c1ccc(C(N)c2ccccc2)c(Cl)c1. The Balaban J connectivity index is 2.33. The normalized spacial score (nSPS) is 12.0. The first kappa shape index (κ1) is 14.6. The Morgan fingerprint density at radius 3 is 2.35 bits per heavy atom. The van der Waals surface area contributed by atoms with Crippen LogP contribution < -0.4 is 5.73 Å². The highest BCUT2D eigenvalue weighted by atomic mass is 35.5. The second-order valence-corrected chi connectivity index (χ2v) is 5.23. The third-order valence-electron chi connectivity index (χ3n) is 3.15. The van der Waals surface area contributed by atoms with Gasteiger partial charge in [-0.25, -0.2) is 0 Å². The van der Waals surface area contributed by atoms with Crippen molar-refractivity contribution in [3.8, 4) is 0 Å². The predicted octanol–water partition coefficient (Wildman–Crippen LogP) is 3.09. The Morgan fingerprint density at radius 1 is 1.15 bits per heavy atom. The van der Waals surface area contributed by atoms with E-state index in [-0.39, 0.29) is 11.9 Å². The molecule has 0 aliphatic rings. The number of hydrogen-bond acceptors (Lipinski definition) is 2. The van der Waals surface area contributed by atoms with Gasteiger partial charge in [0, 0.05) is 24.7 Å². The highest BCUT2D eigenvalue weighted by Crippen LogP contribution is 2.27. The lowest BCUT2D eigenvalue weighted by molar-refractivity contribution is 0.0827. The van der Waals surface area contributed by atoms with Crippen LogP contribution in [0.15, 0.2) is 48.5 Å². The van der Waals surface area contributed by atoms with E-state index in [4.69, 9.17) is 17.3 Å². The summed E-state index contributed by atoms with van der Waals surface area (Å²) in [7, 11) is 3.42. The third kappa shape index (κ3) is 3.00. The molecule has 3 nitrogen and oxygen atoms in total. The Labute approximate surface area is 124 Å². The van der Waals surface area contributed by atoms with Crippen molar-refractivity contribution in [3.05, 3.63) is 70.2 Å². The van der Waals surface area contributed by atoms with Gasteiger partial charge in [0.15, 0.2) is 0 Å². The van der Waals surface area contributed by atoms with E-state index in [2.05, 4.69) is 0 Å². The quantitative estimate of drug-likeness (QED) is 0.943. The summed E-state index contributed by atoms with van der Waals surface area (Å²) < 4.78 is 0. The summed E-state index contributed by atoms with van der Waals surface area (Å²) in [5.74, 6) is -0.0771. The second-order valence-electron chi connectivity index (χ2n) is 4.82. The topological polar surface area (TPSA) is 46.3 Å². The minimum Gasteiger partial charge on any atom is -0.345 e. The highest BCUT2D eigenvalue weighted by molar-refractivity contribution is 6.31. The van der Waals surface area contributed by atoms with Gasteiger partial charge < -0.3 is 10.6 Å². The number of carbonyl (C=O) groups excluding carboxylic acids is 1. The van der Waals surface area contributed by atoms with E-state index in [1.807, 2.05) is 36.4 Å². The largest absolute Gasteiger partial charge is 0.345 e. The average molecular weight is 289 g/mol. The van der Waals surface area contributed by atoms with Crippen LogP contribution in [0.2, 0.25) is 5.02 Å². The molecule has 2 aromatic rings. The number of amides is 1. The molecule has 1 unspecified atom stereocenters. The molecule has 104 valence electrons. The summed E-state index contributed by atoms with van der Waals surface area (Å²) >= 11 is 6.27. The lowest BCUT2D eigenvalue weighted by atomic mass is 9.98. The van der Waals surface area contributed by atoms with Crippen molar-refractivity contribution in [2.75, 3.05) is 14.1 Å². The zero-order chi connectivity index (χ0) is 14.7. The van der Waals surface area contributed by atoms with E-state index in [9.17, 15) is 4.79 Å². The van der Waals surface area contributed by atoms with Crippen molar-refractivity contribution >= 4 is 17.5 Å². The standard InChI is InChI=1S/C16H17ClN2O/c1-19(2)16(20)12-8-9-13(14(17)10-12)15(18)11-6-4-3-5-7-11/h3-10,15H,18H2,1-2H3. The summed E-state index contributed by atoms with van der Waals surface area (Å²) in [6.07, 6.45) is 0. The van der Waals surface area contributed by atoms with E-state index in [1.165, 1.54) is 4.90 Å². The molecule has 0 aromatic heterocycles. The molecule has 2 aromatic carbocycles. The van der Waals surface area contributed by atoms with Gasteiger partial charge in [0.2, 0.25) is 0 Å². The van der Waals surface area contributed by atoms with Gasteiger partial charge in [0.05, 0.1) is 6.04 Å². The molecule has 0 saturated carbocycles. The molecule has 0 radical (unpaired) electrons. The van der Waals surface area contributed by atoms with E-state index in [0.717, 1.165) is 11.1 Å². The molecule has 20 heavy (non-hydrogen) atoms. The molecule has 0 saturated heterocycles. The molecule has 2 rings (SSSR count). The number of hydrogen-bond donors (Lipinski definition) is 1. The van der Waals surface area contributed by atoms with Crippen LogP contribution in [0.4, 0.5) is 0 Å². The number of nitrogens with two attached hydrogens (primary N) is 1. The van der Waals surface area contributed by atoms with Crippen LogP contribution in [0.25, 0.3) is 0 Å². The van der Waals surface area contributed by atoms with E-state index < -0.39 is 0 Å². The summed E-state index contributed by atoms with van der Waals surface area (Å²) in [5, 5.41) is 0.508. The number of carbonyl (C=O) groups is 1. The van der Waals surface area contributed by atoms with Gasteiger partial charge in [0.25, 0.3) is 5.91 Å². The molecule has 1 atom stereocenters. The minimum atomic E-state index is -0.299. The summed E-state index contributed by atoms with van der Waals surface area (Å²) in [4.78, 5) is 13.4. The van der Waals surface area contributed by atoms with Crippen molar-refractivity contribution in [1.82, 2.24) is 4.90 Å². The van der Waals surface area contributed by atoms with Gasteiger partial charge in [0.1, 0.15) is 0 Å². The fourth-order valence-electron chi connectivity index (χ4n) is 2.01. The van der Waals surface area contributed by atoms with Gasteiger partial charge >= 0.3 is 0 Å². The van der Waals surface area contributed by atoms with Crippen LogP contribution >= 0.6 is 11.6 Å². The molecule has 1 amide bonds. The Kier molecular flexibility index (Phi) is 4.42. The molecule has 0 fully saturated rings. The van der Waals surface area contributed by atoms with Crippen molar-refractivity contribution in [3.63, 3.8) is 0 Å². The lowest BCUT2D eigenvalue weighted by Crippen LogP contribution is -2.22. The van der Waals surface area contributed by atoms with Crippen LogP contribution in [0.1, 0.15) is 27.5 Å². The molecule has 0 aliphatic heterocycles. The fourth-order valence-corrected chi connectivity index (χ4v) is 2.31. The van der Waals surface area contributed by atoms with E-state index in [0.29, 0.717) is 10.6 Å². The fraction of sp³-hybridized carbons (Fsp3) is 0.188. The predicted molar refractivity (Wildman–Crippen MR) is 81.9 cm³/mol. The van der Waals surface area contributed by atoms with E-state index >= 15 is 0 Å². The van der Waals surface area contributed by atoms with Gasteiger partial charge in [-0.1, -0.05) is 48.0 Å². The van der Waals surface area contributed by atoms with Crippen LogP contribution in [0.3, 0.4) is 0 Å². The zero-order valence-corrected chi connectivity index (χ0v) is 12.3. The molecular formula is C16H17ClN2O. The molecule has 0 aliphatic carbocycles. The van der Waals surface area contributed by atoms with Crippen molar-refractivity contribution in [1.29, 1.82) is 0 Å². The molecule has 2 N–H and O–H groups in total. The second kappa shape index (κ2) is 6.07. The maximum absolute atomic E-state index is 11.9. The van der Waals surface area contributed by atoms with Gasteiger partial charge in [-0.05, 0) is 23.3 Å². The number of nitrogens with zero attached hydrogens (tertiary/aromatic N) is 1. The first-order chi connectivity index (χ1) is 9.50. The molecule has 0 heterocycles. The average Bonchev–Trinajstić information content (AvgIpc) is 2.46. The van der Waals surface area contributed by atoms with Crippen molar-refractivity contribution < 1.29 is 4.79 Å². The number of halogens is 1. The van der Waals surface area contributed by atoms with E-state index in [1.54, 1.807) is 26.2 Å². The van der Waals surface area contributed by atoms with Gasteiger partial charge in [-0.2, -0.15) is 0 Å². The maximum Gasteiger partial charge on any atom is 0.253 e. The zero-order valence-electron chi connectivity index (χ0n) is 11.5. The van der Waals surface area contributed by atoms with Gasteiger partial charge in [-0.3, -0.25) is 4.79 Å². The Hall–Kier alpha value is -1.84. The summed E-state index contributed by atoms with van der Waals surface area (Å²) in [5.41, 5.74) is 8.58. The first-order valence-corrected chi connectivity index (χ1v) is 6.70. The Morgan fingerprint density at radius 2 is 1.80 bits per heavy atom. The van der Waals surface area contributed by atoms with Crippen molar-refractivity contribution in [2.45, 2.75) is 6.04 Å². The lowest BCUT2D eigenvalue weighted by Gasteiger charge is -2.16. The highest BCUT2D eigenvalue weighted by Gasteiger charge is 2.15. The molecule has 0 bridgehead atoms. The first-order valence-electron chi connectivity index (χ1n) is 6.32. The van der Waals surface area contributed by atoms with Gasteiger partial charge in [-0.15, -0.1) is 0 Å². The van der Waals surface area contributed by atoms with Crippen LogP contribution in [0.5, 0.6) is 0 Å². The third-order valence-corrected chi connectivity index (χ3v) is 3.47. The summed E-state index contributed by atoms with van der Waals surface area (Å²) in [6.45, 7) is 0. The smallest absolute Gasteiger partial charge is 0.253 e. The summed E-state index contributed by atoms with van der Waals surface area (Å²) in [6, 6.07) is 14.7. The Bertz CT molecular complexity index is 611. The van der Waals surface area contributed by atoms with Crippen molar-refractivity contribution in [2.24, 2.45) is 5.73 Å². The molecule has 4 heteroatoms. The number of rotatable bonds is 3. The minimum absolute atomic E-state index is 0.0771. The number of benzene rings is 2. The monoisotopic (exact) mass is 288 g/mol. The maximum atomic E-state index is 11.9. The molecule has 0 spiro atoms. The molecular weight excluding hydrogens is 272 g/mol. The van der Waals surface area contributed by atoms with Crippen LogP contribution in [-0.2, 0) is 0 Å².